The van der Waals surface area contributed by atoms with Gasteiger partial charge >= 0.3 is 0 Å². The zero-order chi connectivity index (χ0) is 10.6. The molecule has 0 aliphatic carbocycles. The van der Waals surface area contributed by atoms with E-state index in [4.69, 9.17) is 0 Å². The van der Waals surface area contributed by atoms with Gasteiger partial charge in [0.25, 0.3) is 0 Å². The number of hydrogen-bond donors (Lipinski definition) is 0. The van der Waals surface area contributed by atoms with Crippen LogP contribution in [0.4, 0.5) is 0 Å². The highest BCUT2D eigenvalue weighted by molar-refractivity contribution is 7.85. The van der Waals surface area contributed by atoms with Crippen LogP contribution in [-0.2, 0) is 15.6 Å². The molecule has 1 aromatic carbocycles. The fraction of sp³-hybridized carbons (Fsp3) is 0.364. The summed E-state index contributed by atoms with van der Waals surface area (Å²) in [5.74, 6) is 0.376. The van der Waals surface area contributed by atoms with Crippen LogP contribution in [0.2, 0.25) is 0 Å². The molecular weight excluding hydrogens is 196 g/mol. The first-order valence-electron chi connectivity index (χ1n) is 4.45. The second kappa shape index (κ2) is 4.51. The molecule has 1 unspecified atom stereocenters. The van der Waals surface area contributed by atoms with E-state index in [0.29, 0.717) is 5.75 Å². The van der Waals surface area contributed by atoms with Crippen molar-refractivity contribution in [2.75, 3.05) is 5.75 Å². The molecule has 0 amide bonds. The van der Waals surface area contributed by atoms with Crippen molar-refractivity contribution in [1.29, 1.82) is 0 Å². The van der Waals surface area contributed by atoms with Gasteiger partial charge in [0.2, 0.25) is 0 Å². The summed E-state index contributed by atoms with van der Waals surface area (Å²) >= 11 is 0. The van der Waals surface area contributed by atoms with Crippen LogP contribution in [0.25, 0.3) is 0 Å². The first kappa shape index (κ1) is 11.1. The summed E-state index contributed by atoms with van der Waals surface area (Å²) < 4.78 is 11.8. The maximum absolute atomic E-state index is 11.8. The molecule has 0 N–H and O–H groups in total. The van der Waals surface area contributed by atoms with Crippen LogP contribution in [0.3, 0.4) is 0 Å². The Morgan fingerprint density at radius 3 is 2.36 bits per heavy atom. The molecule has 1 aromatic rings. The zero-order valence-corrected chi connectivity index (χ0v) is 9.21. The highest BCUT2D eigenvalue weighted by atomic mass is 32.2. The van der Waals surface area contributed by atoms with Crippen LogP contribution in [0.15, 0.2) is 35.2 Å². The number of carbonyl (C=O) groups excluding carboxylic acids is 1. The van der Waals surface area contributed by atoms with Gasteiger partial charge < -0.3 is 4.79 Å². The van der Waals surface area contributed by atoms with E-state index in [1.165, 1.54) is 0 Å². The Labute approximate surface area is 86.8 Å². The van der Waals surface area contributed by atoms with Gasteiger partial charge in [-0.25, -0.2) is 0 Å². The van der Waals surface area contributed by atoms with Crippen molar-refractivity contribution >= 4 is 17.1 Å². The largest absolute Gasteiger partial charge is 0.303 e. The summed E-state index contributed by atoms with van der Waals surface area (Å²) in [6, 6.07) is 9.21. The molecule has 0 aromatic heterocycles. The van der Waals surface area contributed by atoms with Crippen molar-refractivity contribution in [3.63, 3.8) is 0 Å². The van der Waals surface area contributed by atoms with Crippen molar-refractivity contribution in [3.8, 4) is 0 Å². The minimum absolute atomic E-state index is 0.376. The number of carbonyl (C=O) groups is 1. The van der Waals surface area contributed by atoms with Crippen LogP contribution in [0.5, 0.6) is 0 Å². The lowest BCUT2D eigenvalue weighted by Crippen LogP contribution is -2.21. The van der Waals surface area contributed by atoms with E-state index in [9.17, 15) is 9.00 Å². The quantitative estimate of drug-likeness (QED) is 0.712. The minimum atomic E-state index is -1.08. The molecule has 0 heterocycles. The van der Waals surface area contributed by atoms with Gasteiger partial charge in [0.05, 0.1) is 10.8 Å². The first-order valence-corrected chi connectivity index (χ1v) is 5.77. The van der Waals surface area contributed by atoms with Gasteiger partial charge in [-0.1, -0.05) is 32.0 Å². The lowest BCUT2D eigenvalue weighted by Gasteiger charge is -2.15. The monoisotopic (exact) mass is 210 g/mol. The molecule has 76 valence electrons. The molecule has 0 spiro atoms. The third kappa shape index (κ3) is 3.07. The molecule has 1 atom stereocenters. The SMILES string of the molecule is CC(C)(C=O)CS(=O)c1ccccc1. The molecule has 14 heavy (non-hydrogen) atoms. The van der Waals surface area contributed by atoms with E-state index >= 15 is 0 Å². The Balaban J connectivity index is 2.74. The molecule has 0 saturated heterocycles. The molecule has 3 heteroatoms. The molecule has 0 aliphatic heterocycles. The van der Waals surface area contributed by atoms with Gasteiger partial charge in [-0.05, 0) is 12.1 Å². The van der Waals surface area contributed by atoms with Gasteiger partial charge in [0.15, 0.2) is 0 Å². The summed E-state index contributed by atoms with van der Waals surface area (Å²) in [5, 5.41) is 0. The summed E-state index contributed by atoms with van der Waals surface area (Å²) in [7, 11) is -1.08. The standard InChI is InChI=1S/C11H14O2S/c1-11(2,8-12)9-14(13)10-6-4-3-5-7-10/h3-8H,9H2,1-2H3. The molecule has 0 radical (unpaired) electrons. The molecular formula is C11H14O2S. The van der Waals surface area contributed by atoms with Gasteiger partial charge in [-0.15, -0.1) is 0 Å². The second-order valence-electron chi connectivity index (χ2n) is 3.91. The van der Waals surface area contributed by atoms with Crippen molar-refractivity contribution in [1.82, 2.24) is 0 Å². The molecule has 2 nitrogen and oxygen atoms in total. The lowest BCUT2D eigenvalue weighted by atomic mass is 10.00. The minimum Gasteiger partial charge on any atom is -0.303 e. The van der Waals surface area contributed by atoms with Gasteiger partial charge in [0.1, 0.15) is 6.29 Å². The average Bonchev–Trinajstić information content (AvgIpc) is 2.19. The summed E-state index contributed by atoms with van der Waals surface area (Å²) in [5.41, 5.74) is -0.513. The smallest absolute Gasteiger partial charge is 0.126 e. The summed E-state index contributed by atoms with van der Waals surface area (Å²) in [6.07, 6.45) is 0.855. The zero-order valence-electron chi connectivity index (χ0n) is 8.40. The topological polar surface area (TPSA) is 34.1 Å². The number of aldehydes is 1. The van der Waals surface area contributed by atoms with Crippen LogP contribution in [-0.4, -0.2) is 16.2 Å². The maximum Gasteiger partial charge on any atom is 0.126 e. The third-order valence-electron chi connectivity index (χ3n) is 1.83. The van der Waals surface area contributed by atoms with E-state index < -0.39 is 16.2 Å². The van der Waals surface area contributed by atoms with Crippen molar-refractivity contribution in [2.24, 2.45) is 5.41 Å². The average molecular weight is 210 g/mol. The number of hydrogen-bond acceptors (Lipinski definition) is 2. The Kier molecular flexibility index (Phi) is 3.58. The van der Waals surface area contributed by atoms with Crippen LogP contribution in [0, 0.1) is 5.41 Å². The molecule has 1 rings (SSSR count). The fourth-order valence-corrected chi connectivity index (χ4v) is 2.40. The summed E-state index contributed by atoms with van der Waals surface area (Å²) in [4.78, 5) is 11.4. The Morgan fingerprint density at radius 1 is 1.29 bits per heavy atom. The number of benzene rings is 1. The number of rotatable bonds is 4. The van der Waals surface area contributed by atoms with Crippen molar-refractivity contribution < 1.29 is 9.00 Å². The molecule has 0 aliphatic rings. The normalized spacial score (nSPS) is 13.6. The Morgan fingerprint density at radius 2 is 1.86 bits per heavy atom. The Hall–Kier alpha value is -0.960. The van der Waals surface area contributed by atoms with Gasteiger partial charge in [0, 0.05) is 16.1 Å². The van der Waals surface area contributed by atoms with E-state index in [2.05, 4.69) is 0 Å². The predicted octanol–water partition coefficient (Wildman–Crippen LogP) is 2.02. The molecule has 0 saturated carbocycles. The highest BCUT2D eigenvalue weighted by Crippen LogP contribution is 2.17. The van der Waals surface area contributed by atoms with Gasteiger partial charge in [-0.2, -0.15) is 0 Å². The van der Waals surface area contributed by atoms with E-state index in [-0.39, 0.29) is 0 Å². The van der Waals surface area contributed by atoms with Crippen molar-refractivity contribution in [2.45, 2.75) is 18.7 Å². The second-order valence-corrected chi connectivity index (χ2v) is 5.36. The van der Waals surface area contributed by atoms with Crippen molar-refractivity contribution in [3.05, 3.63) is 30.3 Å². The summed E-state index contributed by atoms with van der Waals surface area (Å²) in [6.45, 7) is 3.58. The van der Waals surface area contributed by atoms with E-state index in [1.54, 1.807) is 13.8 Å². The fourth-order valence-electron chi connectivity index (χ4n) is 1.03. The first-order chi connectivity index (χ1) is 6.55. The predicted molar refractivity (Wildman–Crippen MR) is 57.6 cm³/mol. The van der Waals surface area contributed by atoms with E-state index in [1.807, 2.05) is 30.3 Å². The van der Waals surface area contributed by atoms with Gasteiger partial charge in [-0.3, -0.25) is 4.21 Å². The van der Waals surface area contributed by atoms with Crippen LogP contribution < -0.4 is 0 Å². The molecule has 0 bridgehead atoms. The van der Waals surface area contributed by atoms with Crippen LogP contribution in [0.1, 0.15) is 13.8 Å². The third-order valence-corrected chi connectivity index (χ3v) is 3.63. The molecule has 0 fully saturated rings. The highest BCUT2D eigenvalue weighted by Gasteiger charge is 2.20. The maximum atomic E-state index is 11.8. The van der Waals surface area contributed by atoms with Crippen LogP contribution >= 0.6 is 0 Å². The van der Waals surface area contributed by atoms with E-state index in [0.717, 1.165) is 11.2 Å². The Bertz CT molecular complexity index is 330. The lowest BCUT2D eigenvalue weighted by molar-refractivity contribution is -0.113.